The van der Waals surface area contributed by atoms with E-state index < -0.39 is 10.2 Å². The van der Waals surface area contributed by atoms with Gasteiger partial charge in [-0.3, -0.25) is 4.79 Å². The van der Waals surface area contributed by atoms with Crippen LogP contribution >= 0.6 is 0 Å². The van der Waals surface area contributed by atoms with Crippen molar-refractivity contribution in [2.45, 2.75) is 12.8 Å². The maximum atomic E-state index is 12.1. The van der Waals surface area contributed by atoms with Gasteiger partial charge in [0.2, 0.25) is 0 Å². The number of rotatable bonds is 9. The lowest BCUT2D eigenvalue weighted by molar-refractivity contribution is -0.146. The molecular weight excluding hydrogens is 298 g/mol. The van der Waals surface area contributed by atoms with Crippen molar-refractivity contribution in [2.75, 3.05) is 53.6 Å². The molecule has 8 nitrogen and oxygen atoms in total. The Morgan fingerprint density at radius 3 is 2.43 bits per heavy atom. The summed E-state index contributed by atoms with van der Waals surface area (Å²) in [5, 5.41) is 3.06. The molecule has 0 spiro atoms. The summed E-state index contributed by atoms with van der Waals surface area (Å²) in [6, 6.07) is 0. The fourth-order valence-electron chi connectivity index (χ4n) is 2.16. The zero-order valence-corrected chi connectivity index (χ0v) is 13.4. The lowest BCUT2D eigenvalue weighted by Crippen LogP contribution is -2.47. The summed E-state index contributed by atoms with van der Waals surface area (Å²) in [6.07, 6.45) is 0.999. The van der Waals surface area contributed by atoms with E-state index >= 15 is 0 Å². The minimum absolute atomic E-state index is 0.197. The summed E-state index contributed by atoms with van der Waals surface area (Å²) in [7, 11) is -0.508. The maximum absolute atomic E-state index is 12.1. The van der Waals surface area contributed by atoms with Gasteiger partial charge < -0.3 is 14.8 Å². The van der Waals surface area contributed by atoms with E-state index in [0.717, 1.165) is 0 Å². The summed E-state index contributed by atoms with van der Waals surface area (Å²) >= 11 is 0. The van der Waals surface area contributed by atoms with Crippen LogP contribution in [0, 0.1) is 5.92 Å². The Morgan fingerprint density at radius 1 is 1.19 bits per heavy atom. The van der Waals surface area contributed by atoms with Crippen molar-refractivity contribution in [3.8, 4) is 0 Å². The largest absolute Gasteiger partial charge is 0.469 e. The first-order chi connectivity index (χ1) is 10.0. The Morgan fingerprint density at radius 2 is 1.86 bits per heavy atom. The van der Waals surface area contributed by atoms with Gasteiger partial charge in [-0.25, -0.2) is 4.72 Å². The quantitative estimate of drug-likeness (QED) is 0.415. The van der Waals surface area contributed by atoms with Gasteiger partial charge in [0.15, 0.2) is 0 Å². The molecule has 1 fully saturated rings. The predicted molar refractivity (Wildman–Crippen MR) is 78.0 cm³/mol. The Bertz CT molecular complexity index is 407. The molecule has 0 unspecified atom stereocenters. The lowest BCUT2D eigenvalue weighted by Gasteiger charge is -2.29. The molecule has 0 atom stereocenters. The lowest BCUT2D eigenvalue weighted by atomic mass is 9.99. The minimum Gasteiger partial charge on any atom is -0.469 e. The molecule has 1 aliphatic heterocycles. The Hall–Kier alpha value is -0.740. The molecule has 0 aliphatic carbocycles. The topological polar surface area (TPSA) is 97.0 Å². The van der Waals surface area contributed by atoms with Gasteiger partial charge in [0.1, 0.15) is 0 Å². The third-order valence-electron chi connectivity index (χ3n) is 3.40. The highest BCUT2D eigenvalue weighted by Gasteiger charge is 2.31. The Labute approximate surface area is 126 Å². The van der Waals surface area contributed by atoms with Crippen LogP contribution in [0.2, 0.25) is 0 Å². The molecule has 21 heavy (non-hydrogen) atoms. The van der Waals surface area contributed by atoms with E-state index in [1.807, 2.05) is 0 Å². The zero-order valence-electron chi connectivity index (χ0n) is 12.6. The molecule has 9 heteroatoms. The molecule has 0 aromatic carbocycles. The summed E-state index contributed by atoms with van der Waals surface area (Å²) in [6.45, 7) is 2.82. The van der Waals surface area contributed by atoms with Crippen LogP contribution in [0.1, 0.15) is 12.8 Å². The molecule has 1 rings (SSSR count). The van der Waals surface area contributed by atoms with Crippen LogP contribution in [-0.4, -0.2) is 72.2 Å². The third kappa shape index (κ3) is 6.27. The summed E-state index contributed by atoms with van der Waals surface area (Å²) in [5.74, 6) is -0.459. The van der Waals surface area contributed by atoms with Gasteiger partial charge in [0.25, 0.3) is 10.2 Å². The maximum Gasteiger partial charge on any atom is 0.308 e. The zero-order chi connectivity index (χ0) is 15.7. The minimum atomic E-state index is -3.47. The highest BCUT2D eigenvalue weighted by Crippen LogP contribution is 2.19. The van der Waals surface area contributed by atoms with Crippen LogP contribution < -0.4 is 10.0 Å². The van der Waals surface area contributed by atoms with Crippen molar-refractivity contribution in [1.82, 2.24) is 14.3 Å². The molecule has 1 heterocycles. The number of esters is 1. The molecule has 0 aromatic heterocycles. The van der Waals surface area contributed by atoms with Gasteiger partial charge in [0, 0.05) is 39.8 Å². The number of piperidine rings is 1. The number of carbonyl (C=O) groups excluding carboxylic acids is 1. The van der Waals surface area contributed by atoms with Crippen LogP contribution in [0.15, 0.2) is 0 Å². The molecule has 0 radical (unpaired) electrons. The SMILES string of the molecule is COCCNCCNS(=O)(=O)N1CCC(C(=O)OC)CC1. The highest BCUT2D eigenvalue weighted by atomic mass is 32.2. The summed E-state index contributed by atoms with van der Waals surface area (Å²) in [5.41, 5.74) is 0. The normalized spacial score (nSPS) is 17.8. The second-order valence-electron chi connectivity index (χ2n) is 4.84. The van der Waals surface area contributed by atoms with E-state index in [4.69, 9.17) is 4.74 Å². The first-order valence-corrected chi connectivity index (χ1v) is 8.47. The standard InChI is InChI=1S/C12H25N3O5S/c1-19-10-7-13-5-6-14-21(17,18)15-8-3-11(4-9-15)12(16)20-2/h11,13-14H,3-10H2,1-2H3. The molecule has 0 amide bonds. The van der Waals surface area contributed by atoms with Crippen LogP contribution in [0.3, 0.4) is 0 Å². The van der Waals surface area contributed by atoms with Crippen molar-refractivity contribution in [2.24, 2.45) is 5.92 Å². The van der Waals surface area contributed by atoms with E-state index in [-0.39, 0.29) is 11.9 Å². The molecule has 1 aliphatic rings. The fourth-order valence-corrected chi connectivity index (χ4v) is 3.39. The third-order valence-corrected chi connectivity index (χ3v) is 5.01. The van der Waals surface area contributed by atoms with Gasteiger partial charge in [-0.1, -0.05) is 0 Å². The predicted octanol–water partition coefficient (Wildman–Crippen LogP) is -1.06. The van der Waals surface area contributed by atoms with Crippen molar-refractivity contribution in [3.63, 3.8) is 0 Å². The molecule has 124 valence electrons. The van der Waals surface area contributed by atoms with Crippen molar-refractivity contribution >= 4 is 16.2 Å². The van der Waals surface area contributed by atoms with Gasteiger partial charge in [-0.05, 0) is 12.8 Å². The number of nitrogens with zero attached hydrogens (tertiary/aromatic N) is 1. The first-order valence-electron chi connectivity index (χ1n) is 7.03. The number of carbonyl (C=O) groups is 1. The molecule has 2 N–H and O–H groups in total. The number of ether oxygens (including phenoxy) is 2. The van der Waals surface area contributed by atoms with E-state index in [9.17, 15) is 13.2 Å². The second-order valence-corrected chi connectivity index (χ2v) is 6.59. The average Bonchev–Trinajstić information content (AvgIpc) is 2.50. The van der Waals surface area contributed by atoms with Gasteiger partial charge in [-0.15, -0.1) is 0 Å². The van der Waals surface area contributed by atoms with Crippen molar-refractivity contribution in [1.29, 1.82) is 0 Å². The van der Waals surface area contributed by atoms with E-state index in [1.165, 1.54) is 11.4 Å². The fraction of sp³-hybridized carbons (Fsp3) is 0.917. The van der Waals surface area contributed by atoms with Crippen molar-refractivity contribution < 1.29 is 22.7 Å². The average molecular weight is 323 g/mol. The monoisotopic (exact) mass is 323 g/mol. The van der Waals surface area contributed by atoms with Crippen LogP contribution in [0.25, 0.3) is 0 Å². The number of hydrogen-bond acceptors (Lipinski definition) is 6. The number of nitrogens with one attached hydrogen (secondary N) is 2. The highest BCUT2D eigenvalue weighted by molar-refractivity contribution is 7.87. The van der Waals surface area contributed by atoms with E-state index in [0.29, 0.717) is 52.2 Å². The summed E-state index contributed by atoms with van der Waals surface area (Å²) in [4.78, 5) is 11.4. The smallest absolute Gasteiger partial charge is 0.308 e. The Kier molecular flexibility index (Phi) is 8.12. The second kappa shape index (κ2) is 9.31. The van der Waals surface area contributed by atoms with Crippen molar-refractivity contribution in [3.05, 3.63) is 0 Å². The molecule has 1 saturated heterocycles. The molecular formula is C12H25N3O5S. The molecule has 0 aromatic rings. The number of hydrogen-bond donors (Lipinski definition) is 2. The van der Waals surface area contributed by atoms with Gasteiger partial charge in [0.05, 0.1) is 19.6 Å². The Balaban J connectivity index is 2.28. The van der Waals surface area contributed by atoms with E-state index in [2.05, 4.69) is 14.8 Å². The van der Waals surface area contributed by atoms with Crippen LogP contribution in [0.5, 0.6) is 0 Å². The first kappa shape index (κ1) is 18.3. The molecule has 0 saturated carbocycles. The molecule has 0 bridgehead atoms. The van der Waals surface area contributed by atoms with Crippen LogP contribution in [0.4, 0.5) is 0 Å². The summed E-state index contributed by atoms with van der Waals surface area (Å²) < 4.78 is 37.6. The van der Waals surface area contributed by atoms with Gasteiger partial charge >= 0.3 is 5.97 Å². The van der Waals surface area contributed by atoms with Gasteiger partial charge in [-0.2, -0.15) is 12.7 Å². The van der Waals surface area contributed by atoms with Crippen LogP contribution in [-0.2, 0) is 24.5 Å². The van der Waals surface area contributed by atoms with E-state index in [1.54, 1.807) is 7.11 Å². The number of methoxy groups -OCH3 is 2.